The van der Waals surface area contributed by atoms with E-state index < -0.39 is 0 Å². The molecule has 1 atom stereocenters. The highest BCUT2D eigenvalue weighted by Gasteiger charge is 2.29. The Hall–Kier alpha value is -0.610. The van der Waals surface area contributed by atoms with Crippen LogP contribution in [0.1, 0.15) is 38.5 Å². The maximum Gasteiger partial charge on any atom is 0.221 e. The topological polar surface area (TPSA) is 64.4 Å². The summed E-state index contributed by atoms with van der Waals surface area (Å²) < 4.78 is 5.49. The van der Waals surface area contributed by atoms with Crippen LogP contribution in [0.4, 0.5) is 0 Å². The van der Waals surface area contributed by atoms with Gasteiger partial charge in [0.2, 0.25) is 5.91 Å². The van der Waals surface area contributed by atoms with E-state index in [2.05, 4.69) is 5.32 Å². The van der Waals surface area contributed by atoms with Gasteiger partial charge in [0.05, 0.1) is 0 Å². The fraction of sp³-hybridized carbons (Fsp3) is 0.923. The number of amides is 1. The lowest BCUT2D eigenvalue weighted by atomic mass is 10.1. The average Bonchev–Trinajstić information content (AvgIpc) is 3.17. The Morgan fingerprint density at radius 3 is 2.76 bits per heavy atom. The largest absolute Gasteiger partial charge is 0.381 e. The standard InChI is InChI=1S/C13H24N2O2/c14-12(11-4-5-11)8-13(16)15-6-1-7-17-9-10-2-3-10/h10-12H,1-9,14H2,(H,15,16). The zero-order valence-electron chi connectivity index (χ0n) is 10.5. The Morgan fingerprint density at radius 2 is 2.12 bits per heavy atom. The summed E-state index contributed by atoms with van der Waals surface area (Å²) >= 11 is 0. The molecule has 4 nitrogen and oxygen atoms in total. The minimum atomic E-state index is 0.0705. The van der Waals surface area contributed by atoms with Crippen LogP contribution in [0.3, 0.4) is 0 Å². The summed E-state index contributed by atoms with van der Waals surface area (Å²) in [5, 5.41) is 2.90. The van der Waals surface area contributed by atoms with E-state index >= 15 is 0 Å². The first-order chi connectivity index (χ1) is 8.25. The molecule has 0 aliphatic heterocycles. The van der Waals surface area contributed by atoms with Gasteiger partial charge in [0.25, 0.3) is 0 Å². The van der Waals surface area contributed by atoms with E-state index in [0.717, 1.165) is 25.6 Å². The Kier molecular flexibility index (Phi) is 4.80. The highest BCUT2D eigenvalue weighted by atomic mass is 16.5. The molecule has 98 valence electrons. The van der Waals surface area contributed by atoms with E-state index in [1.165, 1.54) is 25.7 Å². The highest BCUT2D eigenvalue weighted by molar-refractivity contribution is 5.76. The molecule has 0 heterocycles. The minimum absolute atomic E-state index is 0.0705. The second kappa shape index (κ2) is 6.36. The summed E-state index contributed by atoms with van der Waals surface area (Å²) in [4.78, 5) is 11.5. The van der Waals surface area contributed by atoms with Gasteiger partial charge in [0, 0.05) is 32.2 Å². The highest BCUT2D eigenvalue weighted by Crippen LogP contribution is 2.32. The van der Waals surface area contributed by atoms with Crippen molar-refractivity contribution >= 4 is 5.91 Å². The van der Waals surface area contributed by atoms with Crippen LogP contribution in [0, 0.1) is 11.8 Å². The normalized spacial score (nSPS) is 21.2. The molecule has 0 radical (unpaired) electrons. The molecular weight excluding hydrogens is 216 g/mol. The number of nitrogens with one attached hydrogen (secondary N) is 1. The number of rotatable bonds is 9. The van der Waals surface area contributed by atoms with Crippen molar-refractivity contribution in [2.24, 2.45) is 17.6 Å². The number of nitrogens with two attached hydrogens (primary N) is 1. The van der Waals surface area contributed by atoms with Crippen molar-refractivity contribution in [2.75, 3.05) is 19.8 Å². The van der Waals surface area contributed by atoms with Crippen LogP contribution in [0.5, 0.6) is 0 Å². The predicted molar refractivity (Wildman–Crippen MR) is 66.5 cm³/mol. The first-order valence-corrected chi connectivity index (χ1v) is 6.85. The smallest absolute Gasteiger partial charge is 0.221 e. The molecule has 0 bridgehead atoms. The van der Waals surface area contributed by atoms with Crippen LogP contribution in [0.25, 0.3) is 0 Å². The summed E-state index contributed by atoms with van der Waals surface area (Å²) in [6.07, 6.45) is 6.43. The van der Waals surface area contributed by atoms with Crippen LogP contribution in [-0.4, -0.2) is 31.7 Å². The van der Waals surface area contributed by atoms with Gasteiger partial charge in [0.15, 0.2) is 0 Å². The van der Waals surface area contributed by atoms with Gasteiger partial charge in [-0.05, 0) is 43.9 Å². The molecule has 2 aliphatic carbocycles. The third-order valence-electron chi connectivity index (χ3n) is 3.49. The molecule has 3 N–H and O–H groups in total. The predicted octanol–water partition coefficient (Wildman–Crippen LogP) is 1.05. The fourth-order valence-corrected chi connectivity index (χ4v) is 1.91. The quantitative estimate of drug-likeness (QED) is 0.592. The van der Waals surface area contributed by atoms with Crippen LogP contribution in [-0.2, 0) is 9.53 Å². The van der Waals surface area contributed by atoms with Crippen LogP contribution in [0.2, 0.25) is 0 Å². The second-order valence-corrected chi connectivity index (χ2v) is 5.43. The van der Waals surface area contributed by atoms with Gasteiger partial charge < -0.3 is 15.8 Å². The van der Waals surface area contributed by atoms with E-state index in [9.17, 15) is 4.79 Å². The minimum Gasteiger partial charge on any atom is -0.381 e. The summed E-state index contributed by atoms with van der Waals surface area (Å²) in [7, 11) is 0. The molecule has 0 saturated heterocycles. The number of carbonyl (C=O) groups excluding carboxylic acids is 1. The van der Waals surface area contributed by atoms with Gasteiger partial charge in [-0.1, -0.05) is 0 Å². The first kappa shape index (κ1) is 12.8. The molecular formula is C13H24N2O2. The summed E-state index contributed by atoms with van der Waals surface area (Å²) in [6, 6.07) is 0.0705. The van der Waals surface area contributed by atoms with E-state index in [1.54, 1.807) is 0 Å². The first-order valence-electron chi connectivity index (χ1n) is 6.85. The number of hydrogen-bond donors (Lipinski definition) is 2. The Labute approximate surface area is 103 Å². The average molecular weight is 240 g/mol. The lowest BCUT2D eigenvalue weighted by molar-refractivity contribution is -0.121. The SMILES string of the molecule is NC(CC(=O)NCCCOCC1CC1)C1CC1. The lowest BCUT2D eigenvalue weighted by Crippen LogP contribution is -2.33. The van der Waals surface area contributed by atoms with Gasteiger partial charge >= 0.3 is 0 Å². The summed E-state index contributed by atoms with van der Waals surface area (Å²) in [6.45, 7) is 2.37. The van der Waals surface area contributed by atoms with Crippen molar-refractivity contribution in [3.05, 3.63) is 0 Å². The molecule has 17 heavy (non-hydrogen) atoms. The molecule has 2 fully saturated rings. The zero-order chi connectivity index (χ0) is 12.1. The van der Waals surface area contributed by atoms with Crippen LogP contribution >= 0.6 is 0 Å². The van der Waals surface area contributed by atoms with Gasteiger partial charge in [0.1, 0.15) is 0 Å². The molecule has 0 aromatic carbocycles. The Morgan fingerprint density at radius 1 is 1.35 bits per heavy atom. The van der Waals surface area contributed by atoms with Gasteiger partial charge in [-0.15, -0.1) is 0 Å². The van der Waals surface area contributed by atoms with E-state index in [-0.39, 0.29) is 11.9 Å². The molecule has 2 rings (SSSR count). The number of carbonyl (C=O) groups is 1. The Bertz CT molecular complexity index is 250. The molecule has 0 spiro atoms. The van der Waals surface area contributed by atoms with Crippen molar-refractivity contribution in [1.29, 1.82) is 0 Å². The molecule has 1 amide bonds. The Balaban J connectivity index is 1.39. The molecule has 0 aromatic rings. The van der Waals surface area contributed by atoms with E-state index in [1.807, 2.05) is 0 Å². The molecule has 2 saturated carbocycles. The molecule has 4 heteroatoms. The monoisotopic (exact) mass is 240 g/mol. The number of ether oxygens (including phenoxy) is 1. The maximum absolute atomic E-state index is 11.5. The van der Waals surface area contributed by atoms with E-state index in [0.29, 0.717) is 18.9 Å². The summed E-state index contributed by atoms with van der Waals surface area (Å²) in [5.41, 5.74) is 5.89. The maximum atomic E-state index is 11.5. The van der Waals surface area contributed by atoms with E-state index in [4.69, 9.17) is 10.5 Å². The molecule has 0 aromatic heterocycles. The third-order valence-corrected chi connectivity index (χ3v) is 3.49. The number of hydrogen-bond acceptors (Lipinski definition) is 3. The van der Waals surface area contributed by atoms with Gasteiger partial charge in [-0.25, -0.2) is 0 Å². The van der Waals surface area contributed by atoms with Crippen LogP contribution < -0.4 is 11.1 Å². The fourth-order valence-electron chi connectivity index (χ4n) is 1.91. The second-order valence-electron chi connectivity index (χ2n) is 5.43. The van der Waals surface area contributed by atoms with Crippen molar-refractivity contribution < 1.29 is 9.53 Å². The molecule has 2 aliphatic rings. The summed E-state index contributed by atoms with van der Waals surface area (Å²) in [5.74, 6) is 1.51. The van der Waals surface area contributed by atoms with Gasteiger partial charge in [-0.3, -0.25) is 4.79 Å². The van der Waals surface area contributed by atoms with Crippen molar-refractivity contribution in [1.82, 2.24) is 5.32 Å². The van der Waals surface area contributed by atoms with Crippen molar-refractivity contribution in [3.8, 4) is 0 Å². The van der Waals surface area contributed by atoms with Crippen LogP contribution in [0.15, 0.2) is 0 Å². The molecule has 1 unspecified atom stereocenters. The zero-order valence-corrected chi connectivity index (χ0v) is 10.5. The van der Waals surface area contributed by atoms with Gasteiger partial charge in [-0.2, -0.15) is 0 Å². The van der Waals surface area contributed by atoms with Crippen molar-refractivity contribution in [3.63, 3.8) is 0 Å². The lowest BCUT2D eigenvalue weighted by Gasteiger charge is -2.10. The third kappa shape index (κ3) is 5.50. The van der Waals surface area contributed by atoms with Crippen molar-refractivity contribution in [2.45, 2.75) is 44.6 Å².